The third-order valence-corrected chi connectivity index (χ3v) is 1.15. The molecule has 0 aromatic rings. The first-order valence-electron chi connectivity index (χ1n) is 5.52. The van der Waals surface area contributed by atoms with Crippen molar-refractivity contribution in [2.24, 2.45) is 23.3 Å². The minimum atomic E-state index is 0. The van der Waals surface area contributed by atoms with Gasteiger partial charge in [-0.2, -0.15) is 12.8 Å². The van der Waals surface area contributed by atoms with Crippen LogP contribution in [0.25, 0.3) is 0 Å². The topological polar surface area (TPSA) is 52.0 Å². The maximum Gasteiger partial charge on any atom is 4.00 e. The van der Waals surface area contributed by atoms with Gasteiger partial charge >= 0.3 is 21.1 Å². The summed E-state index contributed by atoms with van der Waals surface area (Å²) in [7, 11) is 0. The molecule has 7 heteroatoms. The average molecular weight is 423 g/mol. The summed E-state index contributed by atoms with van der Waals surface area (Å²) in [6.07, 6.45) is 2.11. The van der Waals surface area contributed by atoms with Gasteiger partial charge in [0.2, 0.25) is 0 Å². The van der Waals surface area contributed by atoms with Crippen molar-refractivity contribution in [3.8, 4) is 0 Å². The molecule has 0 amide bonds. The van der Waals surface area contributed by atoms with Crippen LogP contribution in [0.15, 0.2) is 0 Å². The molecule has 0 radical (unpaired) electrons. The molecule has 0 aliphatic rings. The van der Waals surface area contributed by atoms with E-state index in [-0.39, 0.29) is 29.7 Å². The Morgan fingerprint density at radius 2 is 0.947 bits per heavy atom. The molecule has 0 heterocycles. The van der Waals surface area contributed by atoms with Crippen molar-refractivity contribution in [1.29, 1.82) is 0 Å². The van der Waals surface area contributed by atoms with Crippen LogP contribution in [-0.2, 0) is 46.3 Å². The third-order valence-electron chi connectivity index (χ3n) is 1.15. The second-order valence-electron chi connectivity index (χ2n) is 4.00. The standard InChI is InChI=1S/2C5H11.2CH3NS2.Mo/c2*1-4-5(2)3;2*2-1(3)4;/h2*5H,1,4H2,2-3H3;2*(H3,2,3,4);/q2*-1;;;+4/p-2. The van der Waals surface area contributed by atoms with E-state index in [1.54, 1.807) is 0 Å². The van der Waals surface area contributed by atoms with Crippen LogP contribution < -0.4 is 11.5 Å². The zero-order chi connectivity index (χ0) is 15.7. The van der Waals surface area contributed by atoms with Crippen LogP contribution in [0.1, 0.15) is 40.5 Å². The van der Waals surface area contributed by atoms with E-state index in [1.807, 2.05) is 0 Å². The number of hydrogen-bond acceptors (Lipinski definition) is 4. The molecule has 0 rings (SSSR count). The van der Waals surface area contributed by atoms with Gasteiger partial charge in [0, 0.05) is 0 Å². The zero-order valence-electron chi connectivity index (χ0n) is 12.2. The number of nitrogens with two attached hydrogens (primary N) is 2. The SMILES string of the molecule is NC(=S)[S-].NC(=S)[S-].[CH2-]CC(C)C.[CH2-]CC(C)C.[Mo+4]. The molecular formula is C12H26MoN2S4. The predicted molar refractivity (Wildman–Crippen MR) is 97.9 cm³/mol. The second-order valence-corrected chi connectivity index (χ2v) is 6.28. The van der Waals surface area contributed by atoms with Crippen LogP contribution in [0, 0.1) is 25.7 Å². The predicted octanol–water partition coefficient (Wildman–Crippen LogP) is 3.28. The van der Waals surface area contributed by atoms with Gasteiger partial charge in [-0.05, 0) is 0 Å². The Labute approximate surface area is 156 Å². The zero-order valence-corrected chi connectivity index (χ0v) is 17.5. The van der Waals surface area contributed by atoms with E-state index in [0.29, 0.717) is 0 Å². The molecule has 0 atom stereocenters. The van der Waals surface area contributed by atoms with Crippen LogP contribution in [0.5, 0.6) is 0 Å². The van der Waals surface area contributed by atoms with Crippen LogP contribution in [0.3, 0.4) is 0 Å². The van der Waals surface area contributed by atoms with E-state index < -0.39 is 0 Å². The molecule has 19 heavy (non-hydrogen) atoms. The molecule has 0 saturated heterocycles. The molecule has 0 bridgehead atoms. The van der Waals surface area contributed by atoms with Gasteiger partial charge in [0.1, 0.15) is 0 Å². The van der Waals surface area contributed by atoms with E-state index in [2.05, 4.69) is 103 Å². The van der Waals surface area contributed by atoms with Crippen LogP contribution in [0.4, 0.5) is 0 Å². The summed E-state index contributed by atoms with van der Waals surface area (Å²) in [6, 6.07) is 0. The average Bonchev–Trinajstić information content (AvgIpc) is 2.16. The van der Waals surface area contributed by atoms with Crippen LogP contribution in [0.2, 0.25) is 0 Å². The van der Waals surface area contributed by atoms with E-state index in [0.717, 1.165) is 24.7 Å². The van der Waals surface area contributed by atoms with Gasteiger partial charge in [-0.25, -0.2) is 0 Å². The molecule has 2 nitrogen and oxygen atoms in total. The molecule has 114 valence electrons. The third kappa shape index (κ3) is 224. The van der Waals surface area contributed by atoms with Gasteiger partial charge in [0.05, 0.1) is 0 Å². The number of hydrogen-bond donors (Lipinski definition) is 2. The van der Waals surface area contributed by atoms with Gasteiger partial charge in [0.15, 0.2) is 0 Å². The van der Waals surface area contributed by atoms with E-state index >= 15 is 0 Å². The molecule has 0 aromatic heterocycles. The monoisotopic (exact) mass is 424 g/mol. The quantitative estimate of drug-likeness (QED) is 0.308. The first kappa shape index (κ1) is 32.0. The summed E-state index contributed by atoms with van der Waals surface area (Å²) < 4.78 is 0.167. The summed E-state index contributed by atoms with van der Waals surface area (Å²) in [5.74, 6) is 1.55. The van der Waals surface area contributed by atoms with Crippen molar-refractivity contribution in [2.45, 2.75) is 40.5 Å². The largest absolute Gasteiger partial charge is 4.00 e. The summed E-state index contributed by atoms with van der Waals surface area (Å²) in [6.45, 7) is 16.0. The van der Waals surface area contributed by atoms with E-state index in [1.165, 1.54) is 0 Å². The fourth-order valence-electron chi connectivity index (χ4n) is 0. The van der Waals surface area contributed by atoms with Crippen molar-refractivity contribution in [2.75, 3.05) is 0 Å². The maximum absolute atomic E-state index is 4.66. The van der Waals surface area contributed by atoms with Crippen molar-refractivity contribution in [3.05, 3.63) is 13.8 Å². The molecule has 0 saturated carbocycles. The maximum atomic E-state index is 4.66. The number of thiocarbonyl (C=S) groups is 2. The first-order chi connectivity index (χ1) is 8.00. The van der Waals surface area contributed by atoms with Crippen LogP contribution >= 0.6 is 24.4 Å². The van der Waals surface area contributed by atoms with Crippen molar-refractivity contribution in [1.82, 2.24) is 0 Å². The minimum absolute atomic E-state index is 0. The first-order valence-corrected chi connectivity index (χ1v) is 7.15. The fourth-order valence-corrected chi connectivity index (χ4v) is 0. The Balaban J connectivity index is -0.0000000453. The van der Waals surface area contributed by atoms with Crippen molar-refractivity contribution < 1.29 is 21.1 Å². The van der Waals surface area contributed by atoms with Gasteiger partial charge in [-0.15, -0.1) is 0 Å². The smallest absolute Gasteiger partial charge is 0.415 e. The molecule has 0 aliphatic carbocycles. The fraction of sp³-hybridized carbons (Fsp3) is 0.667. The Kier molecular flexibility index (Phi) is 46.0. The Hall–Kier alpha value is 0.908. The summed E-state index contributed by atoms with van der Waals surface area (Å²) in [5, 5.41) is 0. The molecular weight excluding hydrogens is 396 g/mol. The Morgan fingerprint density at radius 1 is 0.895 bits per heavy atom. The minimum Gasteiger partial charge on any atom is -0.415 e. The molecule has 4 N–H and O–H groups in total. The second kappa shape index (κ2) is 27.3. The van der Waals surface area contributed by atoms with Gasteiger partial charge in [0.25, 0.3) is 0 Å². The number of rotatable bonds is 2. The molecule has 0 aliphatic heterocycles. The van der Waals surface area contributed by atoms with Crippen molar-refractivity contribution in [3.63, 3.8) is 0 Å². The molecule has 0 spiro atoms. The molecule has 0 unspecified atom stereocenters. The van der Waals surface area contributed by atoms with Crippen molar-refractivity contribution >= 4 is 58.3 Å². The van der Waals surface area contributed by atoms with Gasteiger partial charge in [-0.3, -0.25) is 0 Å². The van der Waals surface area contributed by atoms with Gasteiger partial charge < -0.3 is 75.0 Å². The van der Waals surface area contributed by atoms with Gasteiger partial charge in [-0.1, -0.05) is 48.2 Å². The molecule has 0 aromatic carbocycles. The van der Waals surface area contributed by atoms with E-state index in [4.69, 9.17) is 0 Å². The Morgan fingerprint density at radius 3 is 0.947 bits per heavy atom. The summed E-state index contributed by atoms with van der Waals surface area (Å²) in [5.41, 5.74) is 9.31. The molecule has 0 fully saturated rings. The van der Waals surface area contributed by atoms with E-state index in [9.17, 15) is 0 Å². The Bertz CT molecular complexity index is 161. The summed E-state index contributed by atoms with van der Waals surface area (Å²) in [4.78, 5) is 0. The normalized spacial score (nSPS) is 7.58. The van der Waals surface area contributed by atoms with Crippen LogP contribution in [-0.4, -0.2) is 8.64 Å². The summed E-state index contributed by atoms with van der Waals surface area (Å²) >= 11 is 16.5.